The van der Waals surface area contributed by atoms with Gasteiger partial charge in [-0.1, -0.05) is 11.2 Å². The lowest BCUT2D eigenvalue weighted by molar-refractivity contribution is 0.288. The van der Waals surface area contributed by atoms with Gasteiger partial charge in [-0.05, 0) is 24.5 Å². The third-order valence-corrected chi connectivity index (χ3v) is 2.89. The summed E-state index contributed by atoms with van der Waals surface area (Å²) in [5.41, 5.74) is 6.62. The second-order valence-electron chi connectivity index (χ2n) is 4.08. The zero-order chi connectivity index (χ0) is 12.5. The molecule has 0 amide bonds. The van der Waals surface area contributed by atoms with Gasteiger partial charge in [0.1, 0.15) is 17.1 Å². The van der Waals surface area contributed by atoms with E-state index < -0.39 is 5.82 Å². The number of aromatic nitrogens is 2. The number of hydrogen-bond donors (Lipinski definition) is 1. The summed E-state index contributed by atoms with van der Waals surface area (Å²) in [4.78, 5) is 4.05. The van der Waals surface area contributed by atoms with E-state index in [2.05, 4.69) is 10.1 Å². The molecular formula is C12H12FN3O2. The number of halogens is 1. The van der Waals surface area contributed by atoms with Crippen molar-refractivity contribution in [1.29, 1.82) is 0 Å². The topological polar surface area (TPSA) is 74.2 Å². The number of nitrogens with zero attached hydrogens (tertiary/aromatic N) is 2. The highest BCUT2D eigenvalue weighted by atomic mass is 19.1. The molecule has 18 heavy (non-hydrogen) atoms. The van der Waals surface area contributed by atoms with Crippen LogP contribution < -0.4 is 10.5 Å². The van der Waals surface area contributed by atoms with Crippen molar-refractivity contribution in [3.63, 3.8) is 0 Å². The normalized spacial score (nSPS) is 14.1. The smallest absolute Gasteiger partial charge is 0.240 e. The minimum atomic E-state index is -0.417. The second-order valence-corrected chi connectivity index (χ2v) is 4.08. The summed E-state index contributed by atoms with van der Waals surface area (Å²) in [5.74, 6) is 0.565. The van der Waals surface area contributed by atoms with Crippen molar-refractivity contribution in [3.8, 4) is 17.1 Å². The van der Waals surface area contributed by atoms with Gasteiger partial charge in [-0.3, -0.25) is 0 Å². The first kappa shape index (κ1) is 11.2. The molecule has 94 valence electrons. The highest BCUT2D eigenvalue weighted by Gasteiger charge is 2.23. The van der Waals surface area contributed by atoms with Crippen molar-refractivity contribution in [2.24, 2.45) is 5.73 Å². The van der Waals surface area contributed by atoms with Crippen LogP contribution in [0.4, 0.5) is 4.39 Å². The first-order valence-corrected chi connectivity index (χ1v) is 5.77. The Labute approximate surface area is 103 Å². The fraction of sp³-hybridized carbons (Fsp3) is 0.333. The third-order valence-electron chi connectivity index (χ3n) is 2.89. The number of rotatable bonds is 2. The Kier molecular flexibility index (Phi) is 2.71. The SMILES string of the molecule is NCc1nc(-c2c(F)ccc3c2OCCC3)no1. The Bertz CT molecular complexity index is 583. The van der Waals surface area contributed by atoms with E-state index in [-0.39, 0.29) is 23.8 Å². The van der Waals surface area contributed by atoms with E-state index in [1.165, 1.54) is 6.07 Å². The minimum Gasteiger partial charge on any atom is -0.492 e. The molecule has 3 rings (SSSR count). The predicted molar refractivity (Wildman–Crippen MR) is 61.4 cm³/mol. The van der Waals surface area contributed by atoms with Gasteiger partial charge in [0.25, 0.3) is 0 Å². The Morgan fingerprint density at radius 3 is 3.06 bits per heavy atom. The van der Waals surface area contributed by atoms with Gasteiger partial charge in [0.2, 0.25) is 11.7 Å². The molecule has 1 aliphatic heterocycles. The summed E-state index contributed by atoms with van der Waals surface area (Å²) in [6.07, 6.45) is 1.79. The molecule has 1 aromatic heterocycles. The zero-order valence-electron chi connectivity index (χ0n) is 9.65. The van der Waals surface area contributed by atoms with E-state index in [1.54, 1.807) is 6.07 Å². The van der Waals surface area contributed by atoms with Crippen LogP contribution in [0.1, 0.15) is 17.9 Å². The van der Waals surface area contributed by atoms with Gasteiger partial charge in [-0.25, -0.2) is 4.39 Å². The molecule has 0 spiro atoms. The fourth-order valence-electron chi connectivity index (χ4n) is 2.05. The van der Waals surface area contributed by atoms with Crippen LogP contribution in [-0.4, -0.2) is 16.7 Å². The van der Waals surface area contributed by atoms with E-state index in [0.717, 1.165) is 18.4 Å². The highest BCUT2D eigenvalue weighted by molar-refractivity contribution is 5.67. The Balaban J connectivity index is 2.15. The Morgan fingerprint density at radius 1 is 1.39 bits per heavy atom. The van der Waals surface area contributed by atoms with Gasteiger partial charge in [0.05, 0.1) is 13.2 Å². The van der Waals surface area contributed by atoms with Crippen LogP contribution in [0.3, 0.4) is 0 Å². The van der Waals surface area contributed by atoms with Crippen molar-refractivity contribution < 1.29 is 13.7 Å². The molecule has 0 bridgehead atoms. The Morgan fingerprint density at radius 2 is 2.28 bits per heavy atom. The largest absolute Gasteiger partial charge is 0.492 e. The second kappa shape index (κ2) is 4.38. The van der Waals surface area contributed by atoms with Crippen molar-refractivity contribution >= 4 is 0 Å². The molecule has 6 heteroatoms. The lowest BCUT2D eigenvalue weighted by Gasteiger charge is -2.19. The van der Waals surface area contributed by atoms with Crippen LogP contribution in [0.25, 0.3) is 11.4 Å². The van der Waals surface area contributed by atoms with Crippen LogP contribution in [0, 0.1) is 5.82 Å². The van der Waals surface area contributed by atoms with E-state index >= 15 is 0 Å². The number of fused-ring (bicyclic) bond motifs is 1. The molecule has 1 aliphatic rings. The summed E-state index contributed by atoms with van der Waals surface area (Å²) in [6.45, 7) is 0.704. The van der Waals surface area contributed by atoms with Crippen LogP contribution in [0.2, 0.25) is 0 Å². The molecule has 0 unspecified atom stereocenters. The highest BCUT2D eigenvalue weighted by Crippen LogP contribution is 2.36. The summed E-state index contributed by atoms with van der Waals surface area (Å²) >= 11 is 0. The maximum atomic E-state index is 13.9. The summed E-state index contributed by atoms with van der Waals surface area (Å²) in [7, 11) is 0. The van der Waals surface area contributed by atoms with E-state index in [9.17, 15) is 4.39 Å². The van der Waals surface area contributed by atoms with Crippen LogP contribution in [0.15, 0.2) is 16.7 Å². The first-order valence-electron chi connectivity index (χ1n) is 5.77. The van der Waals surface area contributed by atoms with Crippen LogP contribution in [0.5, 0.6) is 5.75 Å². The Hall–Kier alpha value is -1.95. The predicted octanol–water partition coefficient (Wildman–Crippen LogP) is 1.66. The van der Waals surface area contributed by atoms with E-state index in [1.807, 2.05) is 0 Å². The number of nitrogens with two attached hydrogens (primary N) is 1. The maximum Gasteiger partial charge on any atom is 0.240 e. The molecule has 5 nitrogen and oxygen atoms in total. The molecule has 0 aliphatic carbocycles. The quantitative estimate of drug-likeness (QED) is 0.876. The summed E-state index contributed by atoms with van der Waals surface area (Å²) in [6, 6.07) is 3.14. The fourth-order valence-corrected chi connectivity index (χ4v) is 2.05. The maximum absolute atomic E-state index is 13.9. The number of ether oxygens (including phenoxy) is 1. The van der Waals surface area contributed by atoms with Crippen molar-refractivity contribution in [3.05, 3.63) is 29.4 Å². The minimum absolute atomic E-state index is 0.129. The average molecular weight is 249 g/mol. The molecule has 0 saturated carbocycles. The van der Waals surface area contributed by atoms with Gasteiger partial charge in [-0.15, -0.1) is 0 Å². The van der Waals surface area contributed by atoms with Gasteiger partial charge in [0.15, 0.2) is 0 Å². The third kappa shape index (κ3) is 1.74. The molecule has 2 N–H and O–H groups in total. The van der Waals surface area contributed by atoms with E-state index in [0.29, 0.717) is 12.4 Å². The van der Waals surface area contributed by atoms with Crippen LogP contribution in [-0.2, 0) is 13.0 Å². The molecule has 0 saturated heterocycles. The van der Waals surface area contributed by atoms with Gasteiger partial charge < -0.3 is 15.0 Å². The molecule has 2 aromatic rings. The summed E-state index contributed by atoms with van der Waals surface area (Å²) < 4.78 is 24.4. The molecular weight excluding hydrogens is 237 g/mol. The summed E-state index contributed by atoms with van der Waals surface area (Å²) in [5, 5.41) is 3.74. The molecule has 0 fully saturated rings. The monoisotopic (exact) mass is 249 g/mol. The average Bonchev–Trinajstić information content (AvgIpc) is 2.87. The molecule has 2 heterocycles. The number of aryl methyl sites for hydroxylation is 1. The van der Waals surface area contributed by atoms with Crippen LogP contribution >= 0.6 is 0 Å². The van der Waals surface area contributed by atoms with Crippen molar-refractivity contribution in [1.82, 2.24) is 10.1 Å². The zero-order valence-corrected chi connectivity index (χ0v) is 9.65. The lowest BCUT2D eigenvalue weighted by atomic mass is 10.0. The van der Waals surface area contributed by atoms with Gasteiger partial charge in [-0.2, -0.15) is 4.98 Å². The standard InChI is InChI=1S/C12H12FN3O2/c13-8-4-3-7-2-1-5-17-11(7)10(8)12-15-9(6-14)18-16-12/h3-4H,1-2,5-6,14H2. The van der Waals surface area contributed by atoms with Gasteiger partial charge in [0, 0.05) is 0 Å². The molecule has 0 atom stereocenters. The molecule has 0 radical (unpaired) electrons. The molecule has 1 aromatic carbocycles. The van der Waals surface area contributed by atoms with Crippen molar-refractivity contribution in [2.75, 3.05) is 6.61 Å². The van der Waals surface area contributed by atoms with Gasteiger partial charge >= 0.3 is 0 Å². The number of benzene rings is 1. The number of hydrogen-bond acceptors (Lipinski definition) is 5. The lowest BCUT2D eigenvalue weighted by Crippen LogP contribution is -2.10. The van der Waals surface area contributed by atoms with Crippen molar-refractivity contribution in [2.45, 2.75) is 19.4 Å². The first-order chi connectivity index (χ1) is 8.79. The van der Waals surface area contributed by atoms with E-state index in [4.69, 9.17) is 15.0 Å².